The van der Waals surface area contributed by atoms with Gasteiger partial charge >= 0.3 is 0 Å². The Morgan fingerprint density at radius 2 is 2.26 bits per heavy atom. The van der Waals surface area contributed by atoms with E-state index in [1.54, 1.807) is 18.2 Å². The molecule has 104 valence electrons. The summed E-state index contributed by atoms with van der Waals surface area (Å²) in [6, 6.07) is 4.94. The molecule has 2 rings (SSSR count). The number of carbonyl (C=O) groups is 1. The third-order valence-corrected chi connectivity index (χ3v) is 3.60. The number of piperidine rings is 1. The lowest BCUT2D eigenvalue weighted by Crippen LogP contribution is -2.42. The number of nitrogens with one attached hydrogen (secondary N) is 1. The first-order valence-corrected chi connectivity index (χ1v) is 6.95. The summed E-state index contributed by atoms with van der Waals surface area (Å²) in [5.41, 5.74) is 0.550. The summed E-state index contributed by atoms with van der Waals surface area (Å²) in [5.74, 6) is -0.140. The van der Waals surface area contributed by atoms with Crippen LogP contribution in [0.3, 0.4) is 0 Å². The van der Waals surface area contributed by atoms with E-state index in [2.05, 4.69) is 5.32 Å². The number of amides is 1. The fourth-order valence-electron chi connectivity index (χ4n) is 2.16. The van der Waals surface area contributed by atoms with Gasteiger partial charge in [-0.1, -0.05) is 23.2 Å². The van der Waals surface area contributed by atoms with Crippen molar-refractivity contribution >= 4 is 34.8 Å². The monoisotopic (exact) mass is 302 g/mol. The molecule has 0 radical (unpaired) electrons. The van der Waals surface area contributed by atoms with Crippen molar-refractivity contribution in [3.63, 3.8) is 0 Å². The lowest BCUT2D eigenvalue weighted by atomic mass is 10.1. The predicted octanol–water partition coefficient (Wildman–Crippen LogP) is 2.39. The van der Waals surface area contributed by atoms with Gasteiger partial charge in [-0.05, 0) is 37.6 Å². The van der Waals surface area contributed by atoms with Crippen LogP contribution in [0.4, 0.5) is 5.69 Å². The molecule has 0 aliphatic carbocycles. The Kier molecular flexibility index (Phi) is 5.05. The first-order chi connectivity index (χ1) is 9.04. The molecule has 1 atom stereocenters. The molecule has 1 aromatic rings. The Balaban J connectivity index is 1.90. The van der Waals surface area contributed by atoms with Gasteiger partial charge in [-0.3, -0.25) is 9.69 Å². The molecule has 1 saturated heterocycles. The van der Waals surface area contributed by atoms with Crippen molar-refractivity contribution in [1.82, 2.24) is 4.90 Å². The molecule has 1 heterocycles. The van der Waals surface area contributed by atoms with E-state index in [0.29, 0.717) is 22.3 Å². The summed E-state index contributed by atoms with van der Waals surface area (Å²) in [5, 5.41) is 13.2. The van der Waals surface area contributed by atoms with Crippen LogP contribution in [-0.4, -0.2) is 41.7 Å². The molecular weight excluding hydrogens is 287 g/mol. The molecule has 1 fully saturated rings. The van der Waals surface area contributed by atoms with E-state index < -0.39 is 0 Å². The summed E-state index contributed by atoms with van der Waals surface area (Å²) in [4.78, 5) is 13.8. The van der Waals surface area contributed by atoms with Crippen LogP contribution in [0.15, 0.2) is 18.2 Å². The molecule has 1 amide bonds. The minimum absolute atomic E-state index is 0.140. The molecule has 0 saturated carbocycles. The van der Waals surface area contributed by atoms with Crippen molar-refractivity contribution in [3.05, 3.63) is 28.2 Å². The number of benzene rings is 1. The van der Waals surface area contributed by atoms with Gasteiger partial charge in [0.2, 0.25) is 5.91 Å². The SMILES string of the molecule is O=C(CN1CCCC(O)C1)Nc1ccc(Cl)cc1Cl. The van der Waals surface area contributed by atoms with E-state index in [-0.39, 0.29) is 18.6 Å². The Labute approximate surface area is 122 Å². The number of nitrogens with zero attached hydrogens (tertiary/aromatic N) is 1. The van der Waals surface area contributed by atoms with E-state index in [0.717, 1.165) is 19.4 Å². The van der Waals surface area contributed by atoms with Crippen LogP contribution in [0.25, 0.3) is 0 Å². The maximum Gasteiger partial charge on any atom is 0.238 e. The van der Waals surface area contributed by atoms with Gasteiger partial charge in [0, 0.05) is 11.6 Å². The van der Waals surface area contributed by atoms with Crippen LogP contribution in [0.1, 0.15) is 12.8 Å². The molecule has 19 heavy (non-hydrogen) atoms. The number of aliphatic hydroxyl groups is 1. The summed E-state index contributed by atoms with van der Waals surface area (Å²) < 4.78 is 0. The molecule has 0 spiro atoms. The maximum absolute atomic E-state index is 11.9. The Morgan fingerprint density at radius 3 is 2.95 bits per heavy atom. The topological polar surface area (TPSA) is 52.6 Å². The molecule has 1 aromatic carbocycles. The minimum atomic E-state index is -0.333. The van der Waals surface area contributed by atoms with Crippen LogP contribution in [0.2, 0.25) is 10.0 Å². The molecule has 0 aromatic heterocycles. The molecule has 4 nitrogen and oxygen atoms in total. The molecular formula is C13H16Cl2N2O2. The second kappa shape index (κ2) is 6.57. The van der Waals surface area contributed by atoms with Crippen molar-refractivity contribution < 1.29 is 9.90 Å². The summed E-state index contributed by atoms with van der Waals surface area (Å²) in [7, 11) is 0. The number of aliphatic hydroxyl groups excluding tert-OH is 1. The third kappa shape index (κ3) is 4.35. The van der Waals surface area contributed by atoms with Crippen LogP contribution < -0.4 is 5.32 Å². The Hall–Kier alpha value is -0.810. The van der Waals surface area contributed by atoms with E-state index in [1.807, 2.05) is 4.90 Å². The fraction of sp³-hybridized carbons (Fsp3) is 0.462. The molecule has 1 unspecified atom stereocenters. The Bertz CT molecular complexity index is 468. The maximum atomic E-state index is 11.9. The molecule has 1 aliphatic heterocycles. The highest BCUT2D eigenvalue weighted by molar-refractivity contribution is 6.36. The summed E-state index contributed by atoms with van der Waals surface area (Å²) in [6.45, 7) is 1.64. The van der Waals surface area contributed by atoms with Gasteiger partial charge in [0.1, 0.15) is 0 Å². The van der Waals surface area contributed by atoms with Crippen molar-refractivity contribution in [1.29, 1.82) is 0 Å². The average Bonchev–Trinajstić information content (AvgIpc) is 2.33. The number of β-amino-alcohol motifs (C(OH)–C–C–N with tert-alkyl or cyclic N) is 1. The van der Waals surface area contributed by atoms with Gasteiger partial charge in [0.25, 0.3) is 0 Å². The third-order valence-electron chi connectivity index (χ3n) is 3.05. The highest BCUT2D eigenvalue weighted by Crippen LogP contribution is 2.25. The van der Waals surface area contributed by atoms with Crippen molar-refractivity contribution in [2.24, 2.45) is 0 Å². The number of hydrogen-bond donors (Lipinski definition) is 2. The molecule has 2 N–H and O–H groups in total. The van der Waals surface area contributed by atoms with Gasteiger partial charge < -0.3 is 10.4 Å². The van der Waals surface area contributed by atoms with E-state index in [1.165, 1.54) is 0 Å². The van der Waals surface area contributed by atoms with Crippen molar-refractivity contribution in [3.8, 4) is 0 Å². The van der Waals surface area contributed by atoms with Crippen LogP contribution in [0, 0.1) is 0 Å². The van der Waals surface area contributed by atoms with Crippen molar-refractivity contribution in [2.45, 2.75) is 18.9 Å². The summed E-state index contributed by atoms with van der Waals surface area (Å²) >= 11 is 11.8. The van der Waals surface area contributed by atoms with Crippen LogP contribution in [-0.2, 0) is 4.79 Å². The lowest BCUT2D eigenvalue weighted by molar-refractivity contribution is -0.118. The van der Waals surface area contributed by atoms with Crippen LogP contribution in [0.5, 0.6) is 0 Å². The number of hydrogen-bond acceptors (Lipinski definition) is 3. The zero-order valence-electron chi connectivity index (χ0n) is 10.4. The van der Waals surface area contributed by atoms with Gasteiger partial charge in [0.05, 0.1) is 23.4 Å². The second-order valence-corrected chi connectivity index (χ2v) is 5.55. The number of halogens is 2. The number of likely N-dealkylation sites (tertiary alicyclic amines) is 1. The van der Waals surface area contributed by atoms with Gasteiger partial charge in [0.15, 0.2) is 0 Å². The average molecular weight is 303 g/mol. The zero-order valence-corrected chi connectivity index (χ0v) is 11.9. The number of carbonyl (C=O) groups excluding carboxylic acids is 1. The lowest BCUT2D eigenvalue weighted by Gasteiger charge is -2.29. The van der Waals surface area contributed by atoms with E-state index in [4.69, 9.17) is 23.2 Å². The first-order valence-electron chi connectivity index (χ1n) is 6.20. The smallest absolute Gasteiger partial charge is 0.238 e. The molecule has 6 heteroatoms. The van der Waals surface area contributed by atoms with Crippen LogP contribution >= 0.6 is 23.2 Å². The number of anilines is 1. The van der Waals surface area contributed by atoms with Gasteiger partial charge in [-0.15, -0.1) is 0 Å². The second-order valence-electron chi connectivity index (χ2n) is 4.70. The normalized spacial score (nSPS) is 20.3. The summed E-state index contributed by atoms with van der Waals surface area (Å²) in [6.07, 6.45) is 1.39. The molecule has 0 bridgehead atoms. The highest BCUT2D eigenvalue weighted by Gasteiger charge is 2.19. The van der Waals surface area contributed by atoms with Gasteiger partial charge in [-0.2, -0.15) is 0 Å². The van der Waals surface area contributed by atoms with E-state index >= 15 is 0 Å². The minimum Gasteiger partial charge on any atom is -0.392 e. The predicted molar refractivity (Wildman–Crippen MR) is 76.8 cm³/mol. The Morgan fingerprint density at radius 1 is 1.47 bits per heavy atom. The fourth-order valence-corrected chi connectivity index (χ4v) is 2.61. The number of rotatable bonds is 3. The largest absolute Gasteiger partial charge is 0.392 e. The quantitative estimate of drug-likeness (QED) is 0.901. The molecule has 1 aliphatic rings. The van der Waals surface area contributed by atoms with Gasteiger partial charge in [-0.25, -0.2) is 0 Å². The standard InChI is InChI=1S/C13H16Cl2N2O2/c14-9-3-4-12(11(15)6-9)16-13(19)8-17-5-1-2-10(18)7-17/h3-4,6,10,18H,1-2,5,7-8H2,(H,16,19). The highest BCUT2D eigenvalue weighted by atomic mass is 35.5. The van der Waals surface area contributed by atoms with E-state index in [9.17, 15) is 9.90 Å². The van der Waals surface area contributed by atoms with Crippen molar-refractivity contribution in [2.75, 3.05) is 25.0 Å². The first kappa shape index (κ1) is 14.6. The zero-order chi connectivity index (χ0) is 13.8.